The second-order valence-electron chi connectivity index (χ2n) is 7.26. The molecular weight excluding hydrogens is 377 g/mol. The predicted molar refractivity (Wildman–Crippen MR) is 93.6 cm³/mol. The third-order valence-electron chi connectivity index (χ3n) is 3.63. The van der Waals surface area contributed by atoms with Gasteiger partial charge in [-0.2, -0.15) is 18.2 Å². The van der Waals surface area contributed by atoms with E-state index in [-0.39, 0.29) is 30.2 Å². The zero-order valence-electron chi connectivity index (χ0n) is 16.0. The Balaban J connectivity index is 1.78. The van der Waals surface area contributed by atoms with Gasteiger partial charge in [-0.3, -0.25) is 4.79 Å². The van der Waals surface area contributed by atoms with Gasteiger partial charge in [-0.1, -0.05) is 32.0 Å². The Morgan fingerprint density at radius 3 is 2.68 bits per heavy atom. The summed E-state index contributed by atoms with van der Waals surface area (Å²) in [6, 6.07) is 3.11. The molecule has 0 saturated heterocycles. The first kappa shape index (κ1) is 21.6. The first-order valence-corrected chi connectivity index (χ1v) is 8.78. The van der Waals surface area contributed by atoms with Crippen LogP contribution in [0.1, 0.15) is 50.9 Å². The molecule has 0 bridgehead atoms. The third-order valence-corrected chi connectivity index (χ3v) is 3.63. The Labute approximate surface area is 160 Å². The van der Waals surface area contributed by atoms with E-state index >= 15 is 0 Å². The molecule has 28 heavy (non-hydrogen) atoms. The van der Waals surface area contributed by atoms with E-state index in [0.29, 0.717) is 30.1 Å². The highest BCUT2D eigenvalue weighted by atomic mass is 19.4. The molecule has 2 rings (SSSR count). The molecule has 0 fully saturated rings. The van der Waals surface area contributed by atoms with Crippen LogP contribution in [0.4, 0.5) is 13.2 Å². The minimum absolute atomic E-state index is 0.0224. The van der Waals surface area contributed by atoms with Crippen molar-refractivity contribution in [1.29, 1.82) is 0 Å². The predicted octanol–water partition coefficient (Wildman–Crippen LogP) is 3.34. The van der Waals surface area contributed by atoms with Crippen LogP contribution < -0.4 is 10.1 Å². The van der Waals surface area contributed by atoms with Crippen LogP contribution >= 0.6 is 0 Å². The number of halogens is 3. The van der Waals surface area contributed by atoms with Gasteiger partial charge in [0.2, 0.25) is 17.7 Å². The SMILES string of the molecule is CC(C)(C)c1noc(CCCC(=O)NCc2cccnc2OCC(F)(F)F)n1. The van der Waals surface area contributed by atoms with Gasteiger partial charge < -0.3 is 14.6 Å². The van der Waals surface area contributed by atoms with Gasteiger partial charge >= 0.3 is 6.18 Å². The molecule has 0 atom stereocenters. The first-order valence-electron chi connectivity index (χ1n) is 8.78. The van der Waals surface area contributed by atoms with E-state index in [2.05, 4.69) is 25.2 Å². The lowest BCUT2D eigenvalue weighted by molar-refractivity contribution is -0.154. The number of nitrogens with zero attached hydrogens (tertiary/aromatic N) is 3. The number of carbonyl (C=O) groups excluding carboxylic acids is 1. The van der Waals surface area contributed by atoms with Crippen molar-refractivity contribution in [3.8, 4) is 5.88 Å². The number of hydrogen-bond donors (Lipinski definition) is 1. The molecule has 0 aliphatic heterocycles. The molecule has 1 N–H and O–H groups in total. The number of rotatable bonds is 8. The maximum atomic E-state index is 12.3. The van der Waals surface area contributed by atoms with Gasteiger partial charge in [0, 0.05) is 36.6 Å². The molecule has 0 radical (unpaired) electrons. The minimum Gasteiger partial charge on any atom is -0.468 e. The molecule has 0 spiro atoms. The molecule has 1 amide bonds. The maximum absolute atomic E-state index is 12.3. The molecule has 10 heteroatoms. The molecule has 2 heterocycles. The van der Waals surface area contributed by atoms with E-state index in [1.54, 1.807) is 12.1 Å². The van der Waals surface area contributed by atoms with Crippen LogP contribution in [0.2, 0.25) is 0 Å². The second-order valence-corrected chi connectivity index (χ2v) is 7.26. The number of hydrogen-bond acceptors (Lipinski definition) is 6. The minimum atomic E-state index is -4.46. The van der Waals surface area contributed by atoms with Crippen molar-refractivity contribution in [2.45, 2.75) is 58.2 Å². The van der Waals surface area contributed by atoms with E-state index in [0.717, 1.165) is 0 Å². The summed E-state index contributed by atoms with van der Waals surface area (Å²) in [6.07, 6.45) is -1.95. The fourth-order valence-electron chi connectivity index (χ4n) is 2.18. The summed E-state index contributed by atoms with van der Waals surface area (Å²) >= 11 is 0. The molecule has 0 aliphatic carbocycles. The maximum Gasteiger partial charge on any atom is 0.422 e. The summed E-state index contributed by atoms with van der Waals surface area (Å²) < 4.78 is 46.7. The second kappa shape index (κ2) is 9.03. The number of nitrogens with one attached hydrogen (secondary N) is 1. The van der Waals surface area contributed by atoms with E-state index in [1.807, 2.05) is 20.8 Å². The Morgan fingerprint density at radius 2 is 2.04 bits per heavy atom. The van der Waals surface area contributed by atoms with Crippen LogP contribution in [0.25, 0.3) is 0 Å². The zero-order chi connectivity index (χ0) is 20.8. The average Bonchev–Trinajstić information content (AvgIpc) is 3.07. The molecule has 2 aromatic rings. The van der Waals surface area contributed by atoms with Gasteiger partial charge in [0.25, 0.3) is 0 Å². The van der Waals surface area contributed by atoms with Gasteiger partial charge in [0.05, 0.1) is 0 Å². The van der Waals surface area contributed by atoms with E-state index in [1.165, 1.54) is 6.20 Å². The summed E-state index contributed by atoms with van der Waals surface area (Å²) in [4.78, 5) is 20.1. The largest absolute Gasteiger partial charge is 0.468 e. The van der Waals surface area contributed by atoms with Crippen LogP contribution in [0, 0.1) is 0 Å². The Morgan fingerprint density at radius 1 is 1.29 bits per heavy atom. The quantitative estimate of drug-likeness (QED) is 0.731. The molecular formula is C18H23F3N4O3. The normalized spacial score (nSPS) is 12.1. The monoisotopic (exact) mass is 400 g/mol. The number of carbonyl (C=O) groups is 1. The molecule has 0 saturated carbocycles. The smallest absolute Gasteiger partial charge is 0.422 e. The summed E-state index contributed by atoms with van der Waals surface area (Å²) in [6.45, 7) is 4.50. The summed E-state index contributed by atoms with van der Waals surface area (Å²) in [7, 11) is 0. The highest BCUT2D eigenvalue weighted by Gasteiger charge is 2.29. The summed E-state index contributed by atoms with van der Waals surface area (Å²) in [5, 5.41) is 6.56. The standard InChI is InChI=1S/C18H23F3N4O3/c1-17(2,3)16-24-14(28-25-16)8-4-7-13(26)23-10-12-6-5-9-22-15(12)27-11-18(19,20)21/h5-6,9H,4,7-8,10-11H2,1-3H3,(H,23,26). The number of pyridine rings is 1. The van der Waals surface area contributed by atoms with Crippen molar-refractivity contribution in [2.75, 3.05) is 6.61 Å². The Bertz CT molecular complexity index is 785. The molecule has 154 valence electrons. The highest BCUT2D eigenvalue weighted by Crippen LogP contribution is 2.20. The van der Waals surface area contributed by atoms with Crippen molar-refractivity contribution >= 4 is 5.91 Å². The molecule has 0 unspecified atom stereocenters. The van der Waals surface area contributed by atoms with Crippen molar-refractivity contribution in [1.82, 2.24) is 20.4 Å². The number of alkyl halides is 3. The third kappa shape index (κ3) is 7.16. The molecule has 2 aromatic heterocycles. The topological polar surface area (TPSA) is 90.1 Å². The van der Waals surface area contributed by atoms with Crippen LogP contribution in [-0.2, 0) is 23.2 Å². The average molecular weight is 400 g/mol. The lowest BCUT2D eigenvalue weighted by atomic mass is 9.96. The van der Waals surface area contributed by atoms with Crippen molar-refractivity contribution < 1.29 is 27.2 Å². The van der Waals surface area contributed by atoms with E-state index in [4.69, 9.17) is 4.52 Å². The van der Waals surface area contributed by atoms with E-state index in [9.17, 15) is 18.0 Å². The molecule has 0 aromatic carbocycles. The number of amides is 1. The lowest BCUT2D eigenvalue weighted by Crippen LogP contribution is -2.24. The Hall–Kier alpha value is -2.65. The summed E-state index contributed by atoms with van der Waals surface area (Å²) in [5.41, 5.74) is 0.154. The van der Waals surface area contributed by atoms with Crippen LogP contribution in [0.15, 0.2) is 22.9 Å². The van der Waals surface area contributed by atoms with Crippen LogP contribution in [-0.4, -0.2) is 33.8 Å². The van der Waals surface area contributed by atoms with E-state index < -0.39 is 12.8 Å². The fourth-order valence-corrected chi connectivity index (χ4v) is 2.18. The fraction of sp³-hybridized carbons (Fsp3) is 0.556. The number of aryl methyl sites for hydroxylation is 1. The first-order chi connectivity index (χ1) is 13.0. The van der Waals surface area contributed by atoms with Crippen molar-refractivity contribution in [3.63, 3.8) is 0 Å². The zero-order valence-corrected chi connectivity index (χ0v) is 16.0. The van der Waals surface area contributed by atoms with Crippen LogP contribution in [0.5, 0.6) is 5.88 Å². The van der Waals surface area contributed by atoms with Gasteiger partial charge in [-0.15, -0.1) is 0 Å². The van der Waals surface area contributed by atoms with Gasteiger partial charge in [0.15, 0.2) is 12.4 Å². The van der Waals surface area contributed by atoms with Crippen LogP contribution in [0.3, 0.4) is 0 Å². The highest BCUT2D eigenvalue weighted by molar-refractivity contribution is 5.75. The molecule has 0 aliphatic rings. The lowest BCUT2D eigenvalue weighted by Gasteiger charge is -2.12. The van der Waals surface area contributed by atoms with Gasteiger partial charge in [-0.25, -0.2) is 4.98 Å². The number of ether oxygens (including phenoxy) is 1. The summed E-state index contributed by atoms with van der Waals surface area (Å²) in [5.74, 6) is 0.671. The van der Waals surface area contributed by atoms with Gasteiger partial charge in [0.1, 0.15) is 0 Å². The Kier molecular flexibility index (Phi) is 6.98. The van der Waals surface area contributed by atoms with Gasteiger partial charge in [-0.05, 0) is 12.5 Å². The molecule has 7 nitrogen and oxygen atoms in total. The van der Waals surface area contributed by atoms with Crippen molar-refractivity contribution in [3.05, 3.63) is 35.6 Å². The number of aromatic nitrogens is 3. The van der Waals surface area contributed by atoms with Crippen molar-refractivity contribution in [2.24, 2.45) is 0 Å².